The molecule has 0 aromatic heterocycles. The number of hydrogen-bond donors (Lipinski definition) is 4. The fourth-order valence-corrected chi connectivity index (χ4v) is 11.4. The first-order chi connectivity index (χ1) is 29.8. The Kier molecular flexibility index (Phi) is 14.3. The minimum Gasteiger partial charge on any atom is -0.481 e. The molecular weight excluding hydrogens is 811 g/mol. The number of rotatable bonds is 14. The molecule has 5 aliphatic heterocycles. The zero-order chi connectivity index (χ0) is 45.5. The van der Waals surface area contributed by atoms with Gasteiger partial charge in [-0.1, -0.05) is 59.7 Å². The van der Waals surface area contributed by atoms with Crippen LogP contribution in [-0.2, 0) is 38.0 Å². The van der Waals surface area contributed by atoms with Crippen LogP contribution in [-0.4, -0.2) is 107 Å². The van der Waals surface area contributed by atoms with Crippen LogP contribution >= 0.6 is 0 Å². The second kappa shape index (κ2) is 18.9. The van der Waals surface area contributed by atoms with E-state index in [1.54, 1.807) is 31.2 Å². The lowest BCUT2D eigenvalue weighted by Crippen LogP contribution is -2.57. The normalized spacial score (nSPS) is 40.6. The number of carboxylic acid groups (broad SMARTS) is 1. The van der Waals surface area contributed by atoms with Crippen molar-refractivity contribution >= 4 is 17.7 Å². The number of aliphatic hydroxyl groups excluding tert-OH is 1. The van der Waals surface area contributed by atoms with Crippen molar-refractivity contribution in [2.45, 2.75) is 172 Å². The summed E-state index contributed by atoms with van der Waals surface area (Å²) in [6.07, 6.45) is 1.47. The van der Waals surface area contributed by atoms with E-state index in [0.717, 1.165) is 19.3 Å². The minimum atomic E-state index is -1.71. The summed E-state index contributed by atoms with van der Waals surface area (Å²) in [7, 11) is 1.52. The molecule has 5 aliphatic rings. The quantitative estimate of drug-likeness (QED) is 0.142. The highest BCUT2D eigenvalue weighted by Gasteiger charge is 2.62. The fourth-order valence-electron chi connectivity index (χ4n) is 11.4. The summed E-state index contributed by atoms with van der Waals surface area (Å²) in [5, 5.41) is 35.8. The highest BCUT2D eigenvalue weighted by molar-refractivity contribution is 5.84. The molecule has 4 N–H and O–H groups in total. The summed E-state index contributed by atoms with van der Waals surface area (Å²) >= 11 is 0. The van der Waals surface area contributed by atoms with E-state index in [0.29, 0.717) is 49.3 Å². The number of aliphatic carboxylic acids is 1. The first kappa shape index (κ1) is 47.6. The van der Waals surface area contributed by atoms with Gasteiger partial charge in [-0.3, -0.25) is 10.1 Å². The third kappa shape index (κ3) is 9.79. The minimum absolute atomic E-state index is 0.0742. The number of nitrogens with one attached hydrogen (secondary N) is 1. The Morgan fingerprint density at radius 1 is 0.921 bits per heavy atom. The standard InChI is InChI=1S/C49H71NO13/c1-10-47(21-20-39(60-47)46(8)22-23-48(63-46)26-37(51)31(5)42(61-48)32(6)41(56-9)33(7)44(52)53)43-29(3)25-38(59-43)40-28(2)24-30(4)49(55,62-40)27-57-45(54)50-34-16-18-36(19-17-34)58-35-14-12-11-13-15-35/h11-19,28-33,37-43,51,55H,10,20-27H2,1-9H3,(H,50,54)(H,52,53)/t28-,29-,30+,31+,32-,33+,37-,38+,39+,40-,41+,42-,43+,46-,47-,48+,49-/m0/s1. The second-order valence-corrected chi connectivity index (χ2v) is 19.8. The molecule has 0 bridgehead atoms. The molecule has 14 heteroatoms. The summed E-state index contributed by atoms with van der Waals surface area (Å²) in [6, 6.07) is 16.4. The summed E-state index contributed by atoms with van der Waals surface area (Å²) < 4.78 is 51.6. The molecule has 17 atom stereocenters. The van der Waals surface area contributed by atoms with E-state index in [1.165, 1.54) is 7.11 Å². The van der Waals surface area contributed by atoms with Crippen molar-refractivity contribution in [3.8, 4) is 11.5 Å². The molecule has 5 heterocycles. The van der Waals surface area contributed by atoms with Crippen molar-refractivity contribution in [1.29, 1.82) is 0 Å². The van der Waals surface area contributed by atoms with Gasteiger partial charge in [-0.2, -0.15) is 0 Å². The lowest BCUT2D eigenvalue weighted by atomic mass is 9.78. The number of aliphatic hydroxyl groups is 2. The number of anilines is 1. The molecule has 0 radical (unpaired) electrons. The van der Waals surface area contributed by atoms with E-state index < -0.39 is 65.2 Å². The van der Waals surface area contributed by atoms with Crippen LogP contribution < -0.4 is 10.1 Å². The molecule has 1 amide bonds. The van der Waals surface area contributed by atoms with Gasteiger partial charge in [0.05, 0.1) is 59.8 Å². The van der Waals surface area contributed by atoms with Gasteiger partial charge in [0.1, 0.15) is 18.1 Å². The number of carbonyl (C=O) groups excluding carboxylic acids is 1. The molecule has 0 saturated carbocycles. The lowest BCUT2D eigenvalue weighted by molar-refractivity contribution is -0.336. The Morgan fingerprint density at radius 3 is 2.29 bits per heavy atom. The summed E-state index contributed by atoms with van der Waals surface area (Å²) in [4.78, 5) is 24.9. The zero-order valence-corrected chi connectivity index (χ0v) is 38.5. The van der Waals surface area contributed by atoms with Crippen LogP contribution in [0.5, 0.6) is 11.5 Å². The largest absolute Gasteiger partial charge is 0.481 e. The molecule has 5 fully saturated rings. The van der Waals surface area contributed by atoms with Crippen LogP contribution in [0.3, 0.4) is 0 Å². The number of benzene rings is 2. The monoisotopic (exact) mass is 881 g/mol. The second-order valence-electron chi connectivity index (χ2n) is 19.8. The van der Waals surface area contributed by atoms with Crippen LogP contribution in [0.15, 0.2) is 54.6 Å². The van der Waals surface area contributed by atoms with Gasteiger partial charge in [0.25, 0.3) is 0 Å². The highest BCUT2D eigenvalue weighted by atomic mass is 16.7. The van der Waals surface area contributed by atoms with Crippen molar-refractivity contribution in [2.24, 2.45) is 35.5 Å². The third-order valence-electron chi connectivity index (χ3n) is 15.3. The molecule has 2 aromatic rings. The summed E-state index contributed by atoms with van der Waals surface area (Å²) in [5.41, 5.74) is -0.752. The van der Waals surface area contributed by atoms with Crippen molar-refractivity contribution in [3.63, 3.8) is 0 Å². The van der Waals surface area contributed by atoms with E-state index in [1.807, 2.05) is 51.1 Å². The molecule has 0 unspecified atom stereocenters. The summed E-state index contributed by atoms with van der Waals surface area (Å²) in [6.45, 7) is 15.6. The molecule has 14 nitrogen and oxygen atoms in total. The van der Waals surface area contributed by atoms with Crippen molar-refractivity contribution in [1.82, 2.24) is 0 Å². The van der Waals surface area contributed by atoms with Gasteiger partial charge in [0.2, 0.25) is 5.79 Å². The van der Waals surface area contributed by atoms with Gasteiger partial charge in [-0.15, -0.1) is 0 Å². The van der Waals surface area contributed by atoms with E-state index in [9.17, 15) is 24.9 Å². The molecule has 63 heavy (non-hydrogen) atoms. The van der Waals surface area contributed by atoms with E-state index in [4.69, 9.17) is 37.9 Å². The predicted octanol–water partition coefficient (Wildman–Crippen LogP) is 8.32. The molecular formula is C49H71NO13. The molecule has 2 aromatic carbocycles. The van der Waals surface area contributed by atoms with Crippen LogP contribution in [0.4, 0.5) is 10.5 Å². The van der Waals surface area contributed by atoms with Crippen molar-refractivity contribution < 1.29 is 62.8 Å². The van der Waals surface area contributed by atoms with Gasteiger partial charge in [-0.05, 0) is 101 Å². The predicted molar refractivity (Wildman–Crippen MR) is 233 cm³/mol. The average molecular weight is 882 g/mol. The number of carbonyl (C=O) groups is 2. The van der Waals surface area contributed by atoms with Gasteiger partial charge in [0.15, 0.2) is 5.79 Å². The van der Waals surface area contributed by atoms with Crippen molar-refractivity contribution in [3.05, 3.63) is 54.6 Å². The molecule has 0 aliphatic carbocycles. The Hall–Kier alpha value is -3.34. The number of ether oxygens (including phenoxy) is 8. The smallest absolute Gasteiger partial charge is 0.411 e. The Bertz CT molecular complexity index is 1870. The summed E-state index contributed by atoms with van der Waals surface area (Å²) in [5.74, 6) is -3.78. The van der Waals surface area contributed by atoms with Crippen LogP contribution in [0.1, 0.15) is 107 Å². The molecule has 1 spiro atoms. The number of hydrogen-bond acceptors (Lipinski definition) is 12. The number of methoxy groups -OCH3 is 1. The Labute approximate surface area is 372 Å². The average Bonchev–Trinajstić information content (AvgIpc) is 3.97. The van der Waals surface area contributed by atoms with E-state index in [-0.39, 0.29) is 54.5 Å². The number of amides is 1. The molecule has 7 rings (SSSR count). The van der Waals surface area contributed by atoms with E-state index >= 15 is 0 Å². The van der Waals surface area contributed by atoms with Crippen LogP contribution in [0, 0.1) is 35.5 Å². The van der Waals surface area contributed by atoms with E-state index in [2.05, 4.69) is 33.0 Å². The highest BCUT2D eigenvalue weighted by Crippen LogP contribution is 2.55. The van der Waals surface area contributed by atoms with Crippen LogP contribution in [0.2, 0.25) is 0 Å². The molecule has 350 valence electrons. The zero-order valence-electron chi connectivity index (χ0n) is 38.5. The molecule has 5 saturated heterocycles. The van der Waals surface area contributed by atoms with Gasteiger partial charge < -0.3 is 53.2 Å². The first-order valence-corrected chi connectivity index (χ1v) is 23.2. The Morgan fingerprint density at radius 2 is 1.62 bits per heavy atom. The maximum atomic E-state index is 12.9. The maximum absolute atomic E-state index is 12.9. The van der Waals surface area contributed by atoms with Crippen LogP contribution in [0.25, 0.3) is 0 Å². The SMILES string of the molecule is CC[C@@]1([C@@H]2O[C@@H]([C@H]3O[C@@](O)(COC(=O)Nc4ccc(Oc5ccccc5)cc4)[C@H](C)C[C@@H]3C)C[C@@H]2C)CC[C@H]([C@]2(C)CC[C@]3(C[C@H](O)[C@@H](C)[C@@H]([C@@H](C)[C@@H](OC)[C@@H](C)C(=O)O)O3)O2)O1. The van der Waals surface area contributed by atoms with Gasteiger partial charge >= 0.3 is 12.1 Å². The van der Waals surface area contributed by atoms with Gasteiger partial charge in [-0.25, -0.2) is 4.79 Å². The number of para-hydroxylation sites is 1. The third-order valence-corrected chi connectivity index (χ3v) is 15.3. The number of carboxylic acids is 1. The first-order valence-electron chi connectivity index (χ1n) is 23.2. The maximum Gasteiger partial charge on any atom is 0.411 e. The van der Waals surface area contributed by atoms with Gasteiger partial charge in [0, 0.05) is 43.4 Å². The fraction of sp³-hybridized carbons (Fsp3) is 0.714. The lowest BCUT2D eigenvalue weighted by Gasteiger charge is -2.49. The Balaban J connectivity index is 0.960. The topological polar surface area (TPSA) is 181 Å². The van der Waals surface area contributed by atoms with Crippen molar-refractivity contribution in [2.75, 3.05) is 19.0 Å².